The van der Waals surface area contributed by atoms with Gasteiger partial charge in [0.15, 0.2) is 0 Å². The molecule has 2 aromatic heterocycles. The number of carboxylic acids is 1. The van der Waals surface area contributed by atoms with Gasteiger partial charge in [-0.05, 0) is 66.1 Å². The number of pyridine rings is 1. The van der Waals surface area contributed by atoms with E-state index in [0.29, 0.717) is 25.3 Å². The van der Waals surface area contributed by atoms with Crippen LogP contribution in [0.5, 0.6) is 5.75 Å². The topological polar surface area (TPSA) is 79.7 Å². The van der Waals surface area contributed by atoms with Gasteiger partial charge in [-0.1, -0.05) is 17.9 Å². The molecule has 3 atom stereocenters. The molecular weight excluding hydrogens is 436 g/mol. The van der Waals surface area contributed by atoms with Gasteiger partial charge in [-0.15, -0.1) is 11.3 Å². The van der Waals surface area contributed by atoms with E-state index in [4.69, 9.17) is 4.74 Å². The third-order valence-corrected chi connectivity index (χ3v) is 7.14. The zero-order chi connectivity index (χ0) is 23.2. The summed E-state index contributed by atoms with van der Waals surface area (Å²) in [5.74, 6) is 5.23. The number of rotatable bonds is 7. The Bertz CT molecular complexity index is 1180. The first kappa shape index (κ1) is 23.0. The second-order valence-electron chi connectivity index (χ2n) is 8.20. The summed E-state index contributed by atoms with van der Waals surface area (Å²) in [5, 5.41) is 13.0. The average molecular weight is 463 g/mol. The number of carbonyl (C=O) groups is 2. The summed E-state index contributed by atoms with van der Waals surface area (Å²) in [5.41, 5.74) is 1.76. The zero-order valence-corrected chi connectivity index (χ0v) is 19.3. The van der Waals surface area contributed by atoms with Crippen molar-refractivity contribution in [3.05, 3.63) is 58.4 Å². The number of carbonyl (C=O) groups excluding carboxylic acids is 1. The number of thiophene rings is 1. The van der Waals surface area contributed by atoms with Gasteiger partial charge in [0, 0.05) is 24.5 Å². The molecule has 1 aliphatic heterocycles. The van der Waals surface area contributed by atoms with Crippen molar-refractivity contribution in [1.82, 2.24) is 9.88 Å². The molecule has 0 radical (unpaired) electrons. The van der Waals surface area contributed by atoms with Crippen molar-refractivity contribution < 1.29 is 19.4 Å². The van der Waals surface area contributed by atoms with Crippen LogP contribution in [0.15, 0.2) is 48.0 Å². The lowest BCUT2D eigenvalue weighted by Gasteiger charge is -2.39. The Kier molecular flexibility index (Phi) is 7.38. The molecule has 170 valence electrons. The number of aldehydes is 1. The average Bonchev–Trinajstić information content (AvgIpc) is 3.35. The summed E-state index contributed by atoms with van der Waals surface area (Å²) in [7, 11) is 1.61. The molecule has 4 rings (SSSR count). The van der Waals surface area contributed by atoms with Gasteiger partial charge >= 0.3 is 5.97 Å². The molecule has 1 unspecified atom stereocenters. The predicted molar refractivity (Wildman–Crippen MR) is 129 cm³/mol. The van der Waals surface area contributed by atoms with E-state index in [9.17, 15) is 14.7 Å². The largest absolute Gasteiger partial charge is 0.497 e. The number of fused-ring (bicyclic) bond motifs is 1. The van der Waals surface area contributed by atoms with E-state index in [1.54, 1.807) is 24.6 Å². The van der Waals surface area contributed by atoms with Crippen LogP contribution in [-0.2, 0) is 9.59 Å². The van der Waals surface area contributed by atoms with E-state index in [2.05, 4.69) is 21.7 Å². The maximum absolute atomic E-state index is 12.3. The van der Waals surface area contributed by atoms with Crippen LogP contribution in [0.1, 0.15) is 29.2 Å². The fraction of sp³-hybridized carbons (Fsp3) is 0.346. The van der Waals surface area contributed by atoms with Crippen LogP contribution in [0.25, 0.3) is 10.9 Å². The molecule has 1 fully saturated rings. The van der Waals surface area contributed by atoms with Gasteiger partial charge in [0.05, 0.1) is 30.0 Å². The van der Waals surface area contributed by atoms with Crippen LogP contribution in [0.2, 0.25) is 0 Å². The van der Waals surface area contributed by atoms with Gasteiger partial charge in [-0.3, -0.25) is 14.7 Å². The zero-order valence-electron chi connectivity index (χ0n) is 18.4. The molecule has 3 heterocycles. The number of aromatic nitrogens is 1. The summed E-state index contributed by atoms with van der Waals surface area (Å²) in [4.78, 5) is 31.5. The lowest BCUT2D eigenvalue weighted by molar-refractivity contribution is -0.146. The molecule has 0 spiro atoms. The summed E-state index contributed by atoms with van der Waals surface area (Å²) in [6.45, 7) is 1.69. The van der Waals surface area contributed by atoms with E-state index >= 15 is 0 Å². The summed E-state index contributed by atoms with van der Waals surface area (Å²) in [6.07, 6.45) is 3.58. The third kappa shape index (κ3) is 5.24. The van der Waals surface area contributed by atoms with Crippen molar-refractivity contribution in [2.24, 2.45) is 11.8 Å². The van der Waals surface area contributed by atoms with Gasteiger partial charge in [0.25, 0.3) is 0 Å². The van der Waals surface area contributed by atoms with Crippen molar-refractivity contribution in [1.29, 1.82) is 0 Å². The molecule has 0 amide bonds. The number of carboxylic acid groups (broad SMARTS) is 1. The molecule has 1 aromatic carbocycles. The Morgan fingerprint density at radius 3 is 3.00 bits per heavy atom. The molecule has 3 aromatic rings. The van der Waals surface area contributed by atoms with Crippen molar-refractivity contribution >= 4 is 34.5 Å². The first-order chi connectivity index (χ1) is 16.1. The Hall–Kier alpha value is -3.21. The Morgan fingerprint density at radius 1 is 1.39 bits per heavy atom. The van der Waals surface area contributed by atoms with Crippen LogP contribution in [-0.4, -0.2) is 54.0 Å². The highest BCUT2D eigenvalue weighted by atomic mass is 32.1. The van der Waals surface area contributed by atoms with E-state index in [1.165, 1.54) is 0 Å². The highest BCUT2D eigenvalue weighted by Gasteiger charge is 2.39. The standard InChI is InChI=1S/C26H26N2O4S/c1-32-18-6-7-25-23(16-18)20(8-11-27-25)22(10-14-29)21-9-13-28(17-24(21)26(30)31)12-2-4-19-5-3-15-33-19/h3,5-8,11,14-16,21-22,24H,9-10,12-13,17H2,1H3,(H,30,31)/t21-,22?,24+/m1/s1. The summed E-state index contributed by atoms with van der Waals surface area (Å²) >= 11 is 1.59. The molecule has 0 saturated carbocycles. The van der Waals surface area contributed by atoms with Gasteiger partial charge in [-0.25, -0.2) is 0 Å². The van der Waals surface area contributed by atoms with E-state index in [-0.39, 0.29) is 18.3 Å². The fourth-order valence-corrected chi connectivity index (χ4v) is 5.34. The van der Waals surface area contributed by atoms with Gasteiger partial charge in [0.1, 0.15) is 12.0 Å². The first-order valence-corrected chi connectivity index (χ1v) is 11.8. The minimum absolute atomic E-state index is 0.161. The molecule has 1 aliphatic rings. The highest BCUT2D eigenvalue weighted by Crippen LogP contribution is 2.41. The van der Waals surface area contributed by atoms with Gasteiger partial charge in [-0.2, -0.15) is 0 Å². The summed E-state index contributed by atoms with van der Waals surface area (Å²) < 4.78 is 5.39. The molecule has 7 heteroatoms. The van der Waals surface area contributed by atoms with Crippen molar-refractivity contribution in [3.8, 4) is 17.6 Å². The first-order valence-electron chi connectivity index (χ1n) is 10.9. The number of piperidine rings is 1. The van der Waals surface area contributed by atoms with E-state index < -0.39 is 11.9 Å². The number of methoxy groups -OCH3 is 1. The summed E-state index contributed by atoms with van der Waals surface area (Å²) in [6, 6.07) is 11.5. The number of aliphatic carboxylic acids is 1. The van der Waals surface area contributed by atoms with Gasteiger partial charge < -0.3 is 14.6 Å². The van der Waals surface area contributed by atoms with E-state index in [0.717, 1.165) is 34.2 Å². The molecule has 33 heavy (non-hydrogen) atoms. The molecule has 1 saturated heterocycles. The monoisotopic (exact) mass is 462 g/mol. The fourth-order valence-electron chi connectivity index (χ4n) is 4.75. The lowest BCUT2D eigenvalue weighted by Crippen LogP contribution is -2.46. The molecular formula is C26H26N2O4S. The lowest BCUT2D eigenvalue weighted by atomic mass is 9.72. The second kappa shape index (κ2) is 10.6. The molecule has 0 bridgehead atoms. The maximum Gasteiger partial charge on any atom is 0.308 e. The third-order valence-electron chi connectivity index (χ3n) is 6.35. The van der Waals surface area contributed by atoms with Crippen molar-refractivity contribution in [2.75, 3.05) is 26.7 Å². The smallest absolute Gasteiger partial charge is 0.308 e. The van der Waals surface area contributed by atoms with Crippen molar-refractivity contribution in [2.45, 2.75) is 18.8 Å². The maximum atomic E-state index is 12.3. The number of hydrogen-bond donors (Lipinski definition) is 1. The Labute approximate surface area is 197 Å². The number of benzene rings is 1. The van der Waals surface area contributed by atoms with Gasteiger partial charge in [0.2, 0.25) is 0 Å². The molecule has 0 aliphatic carbocycles. The van der Waals surface area contributed by atoms with E-state index in [1.807, 2.05) is 41.8 Å². The molecule has 6 nitrogen and oxygen atoms in total. The number of nitrogens with zero attached hydrogens (tertiary/aromatic N) is 2. The predicted octanol–water partition coefficient (Wildman–Crippen LogP) is 4.05. The normalized spacial score (nSPS) is 19.4. The highest BCUT2D eigenvalue weighted by molar-refractivity contribution is 7.10. The Morgan fingerprint density at radius 2 is 2.27 bits per heavy atom. The van der Waals surface area contributed by atoms with Crippen LogP contribution >= 0.6 is 11.3 Å². The van der Waals surface area contributed by atoms with Crippen LogP contribution in [0.4, 0.5) is 0 Å². The second-order valence-corrected chi connectivity index (χ2v) is 9.15. The van der Waals surface area contributed by atoms with Crippen molar-refractivity contribution in [3.63, 3.8) is 0 Å². The minimum Gasteiger partial charge on any atom is -0.497 e. The number of hydrogen-bond acceptors (Lipinski definition) is 6. The van der Waals surface area contributed by atoms with Crippen LogP contribution in [0.3, 0.4) is 0 Å². The minimum atomic E-state index is -0.831. The Balaban J connectivity index is 1.60. The van der Waals surface area contributed by atoms with Crippen LogP contribution in [0, 0.1) is 23.7 Å². The van der Waals surface area contributed by atoms with Crippen LogP contribution < -0.4 is 4.74 Å². The quantitative estimate of drug-likeness (QED) is 0.422. The number of likely N-dealkylation sites (tertiary alicyclic amines) is 1. The SMILES string of the molecule is COc1ccc2nccc(C(CC=O)[C@H]3CCN(CC#Cc4cccs4)C[C@@H]3C(=O)O)c2c1. The molecule has 1 N–H and O–H groups in total. The number of ether oxygens (including phenoxy) is 1.